The highest BCUT2D eigenvalue weighted by atomic mass is 35.5. The van der Waals surface area contributed by atoms with Crippen LogP contribution in [0.15, 0.2) is 28.7 Å². The number of furan rings is 1. The average molecular weight is 270 g/mol. The standard InChI is InChI=1S/C13H13Cl2NO/c1-7-5-11(15)9(6-10(7)14)13-4-3-12(17-13)8(2)16/h3-6,8H,16H2,1-2H3. The number of hydrogen-bond acceptors (Lipinski definition) is 2. The van der Waals surface area contributed by atoms with Crippen LogP contribution < -0.4 is 5.73 Å². The Morgan fingerprint density at radius 1 is 1.18 bits per heavy atom. The van der Waals surface area contributed by atoms with Gasteiger partial charge in [-0.2, -0.15) is 0 Å². The van der Waals surface area contributed by atoms with Gasteiger partial charge in [-0.3, -0.25) is 0 Å². The van der Waals surface area contributed by atoms with Crippen molar-refractivity contribution >= 4 is 23.2 Å². The van der Waals surface area contributed by atoms with E-state index in [4.69, 9.17) is 33.4 Å². The minimum absolute atomic E-state index is 0.136. The molecule has 1 heterocycles. The van der Waals surface area contributed by atoms with Crippen molar-refractivity contribution in [2.45, 2.75) is 19.9 Å². The van der Waals surface area contributed by atoms with Crippen LogP contribution in [0.5, 0.6) is 0 Å². The Kier molecular flexibility index (Phi) is 3.48. The van der Waals surface area contributed by atoms with Crippen LogP contribution in [0, 0.1) is 6.92 Å². The van der Waals surface area contributed by atoms with Gasteiger partial charge < -0.3 is 10.2 Å². The maximum atomic E-state index is 6.17. The van der Waals surface area contributed by atoms with E-state index >= 15 is 0 Å². The predicted molar refractivity (Wildman–Crippen MR) is 71.5 cm³/mol. The summed E-state index contributed by atoms with van der Waals surface area (Å²) in [5.74, 6) is 1.41. The third kappa shape index (κ3) is 2.49. The lowest BCUT2D eigenvalue weighted by atomic mass is 10.1. The average Bonchev–Trinajstić information content (AvgIpc) is 2.72. The molecular formula is C13H13Cl2NO. The van der Waals surface area contributed by atoms with E-state index in [2.05, 4.69) is 0 Å². The highest BCUT2D eigenvalue weighted by Gasteiger charge is 2.12. The molecule has 2 aromatic rings. The van der Waals surface area contributed by atoms with Crippen molar-refractivity contribution in [2.75, 3.05) is 0 Å². The van der Waals surface area contributed by atoms with E-state index in [1.54, 1.807) is 0 Å². The van der Waals surface area contributed by atoms with E-state index in [0.717, 1.165) is 16.9 Å². The molecule has 1 unspecified atom stereocenters. The molecule has 17 heavy (non-hydrogen) atoms. The van der Waals surface area contributed by atoms with Crippen molar-refractivity contribution in [1.82, 2.24) is 0 Å². The summed E-state index contributed by atoms with van der Waals surface area (Å²) in [6, 6.07) is 7.20. The summed E-state index contributed by atoms with van der Waals surface area (Å²) in [4.78, 5) is 0. The first-order valence-corrected chi connectivity index (χ1v) is 6.06. The van der Waals surface area contributed by atoms with E-state index in [0.29, 0.717) is 15.8 Å². The van der Waals surface area contributed by atoms with Crippen molar-refractivity contribution < 1.29 is 4.42 Å². The van der Waals surface area contributed by atoms with Gasteiger partial charge in [0.25, 0.3) is 0 Å². The quantitative estimate of drug-likeness (QED) is 0.867. The van der Waals surface area contributed by atoms with Gasteiger partial charge in [-0.25, -0.2) is 0 Å². The molecule has 1 atom stereocenters. The molecule has 1 aromatic heterocycles. The van der Waals surface area contributed by atoms with Gasteiger partial charge in [0.15, 0.2) is 0 Å². The maximum Gasteiger partial charge on any atom is 0.135 e. The monoisotopic (exact) mass is 269 g/mol. The molecule has 4 heteroatoms. The Balaban J connectivity index is 2.49. The van der Waals surface area contributed by atoms with Gasteiger partial charge in [0, 0.05) is 10.6 Å². The Hall–Kier alpha value is -0.960. The second-order valence-electron chi connectivity index (χ2n) is 4.07. The van der Waals surface area contributed by atoms with Crippen molar-refractivity contribution in [3.05, 3.63) is 45.6 Å². The molecule has 0 radical (unpaired) electrons. The fourth-order valence-electron chi connectivity index (χ4n) is 1.58. The molecule has 90 valence electrons. The number of nitrogens with two attached hydrogens (primary N) is 1. The SMILES string of the molecule is Cc1cc(Cl)c(-c2ccc(C(C)N)o2)cc1Cl. The van der Waals surface area contributed by atoms with E-state index in [9.17, 15) is 0 Å². The zero-order chi connectivity index (χ0) is 12.6. The minimum atomic E-state index is -0.136. The Bertz CT molecular complexity index is 546. The lowest BCUT2D eigenvalue weighted by molar-refractivity contribution is 0.491. The molecule has 0 saturated heterocycles. The summed E-state index contributed by atoms with van der Waals surface area (Å²) in [5, 5.41) is 1.29. The number of hydrogen-bond donors (Lipinski definition) is 1. The van der Waals surface area contributed by atoms with Gasteiger partial charge in [-0.05, 0) is 43.7 Å². The fourth-order valence-corrected chi connectivity index (χ4v) is 2.05. The van der Waals surface area contributed by atoms with Crippen LogP contribution in [-0.4, -0.2) is 0 Å². The smallest absolute Gasteiger partial charge is 0.135 e. The van der Waals surface area contributed by atoms with Gasteiger partial charge in [-0.1, -0.05) is 23.2 Å². The first-order valence-electron chi connectivity index (χ1n) is 5.30. The molecule has 0 aliphatic rings. The maximum absolute atomic E-state index is 6.17. The first kappa shape index (κ1) is 12.5. The molecule has 0 amide bonds. The van der Waals surface area contributed by atoms with E-state index < -0.39 is 0 Å². The summed E-state index contributed by atoms with van der Waals surface area (Å²) in [7, 11) is 0. The predicted octanol–water partition coefficient (Wildman–Crippen LogP) is 4.58. The van der Waals surface area contributed by atoms with Crippen LogP contribution in [0.4, 0.5) is 0 Å². The molecular weight excluding hydrogens is 257 g/mol. The molecule has 2 rings (SSSR count). The fraction of sp³-hybridized carbons (Fsp3) is 0.231. The summed E-state index contributed by atoms with van der Waals surface area (Å²) < 4.78 is 5.64. The summed E-state index contributed by atoms with van der Waals surface area (Å²) in [6.07, 6.45) is 0. The van der Waals surface area contributed by atoms with Crippen molar-refractivity contribution in [2.24, 2.45) is 5.73 Å². The molecule has 0 spiro atoms. The zero-order valence-electron chi connectivity index (χ0n) is 9.63. The Labute approximate surface area is 110 Å². The van der Waals surface area contributed by atoms with Gasteiger partial charge in [-0.15, -0.1) is 0 Å². The first-order chi connectivity index (χ1) is 7.99. The summed E-state index contributed by atoms with van der Waals surface area (Å²) >= 11 is 12.3. The molecule has 0 bridgehead atoms. The van der Waals surface area contributed by atoms with Gasteiger partial charge in [0.2, 0.25) is 0 Å². The van der Waals surface area contributed by atoms with Crippen molar-refractivity contribution in [3.63, 3.8) is 0 Å². The van der Waals surface area contributed by atoms with E-state index in [1.807, 2.05) is 38.1 Å². The largest absolute Gasteiger partial charge is 0.459 e. The van der Waals surface area contributed by atoms with Crippen LogP contribution in [0.25, 0.3) is 11.3 Å². The Morgan fingerprint density at radius 3 is 2.47 bits per heavy atom. The van der Waals surface area contributed by atoms with Crippen molar-refractivity contribution in [1.29, 1.82) is 0 Å². The second-order valence-corrected chi connectivity index (χ2v) is 4.89. The summed E-state index contributed by atoms with van der Waals surface area (Å²) in [6.45, 7) is 3.78. The normalized spacial score (nSPS) is 12.8. The Morgan fingerprint density at radius 2 is 1.88 bits per heavy atom. The molecule has 0 aliphatic carbocycles. The minimum Gasteiger partial charge on any atom is -0.459 e. The molecule has 2 N–H and O–H groups in total. The number of benzene rings is 1. The van der Waals surface area contributed by atoms with Crippen LogP contribution in [0.3, 0.4) is 0 Å². The zero-order valence-corrected chi connectivity index (χ0v) is 11.1. The lowest BCUT2D eigenvalue weighted by Crippen LogP contribution is -2.02. The molecule has 0 aliphatic heterocycles. The van der Waals surface area contributed by atoms with E-state index in [-0.39, 0.29) is 6.04 Å². The summed E-state index contributed by atoms with van der Waals surface area (Å²) in [5.41, 5.74) is 7.47. The molecule has 0 saturated carbocycles. The second kappa shape index (κ2) is 4.73. The molecule has 0 fully saturated rings. The topological polar surface area (TPSA) is 39.2 Å². The van der Waals surface area contributed by atoms with Crippen LogP contribution >= 0.6 is 23.2 Å². The number of rotatable bonds is 2. The lowest BCUT2D eigenvalue weighted by Gasteiger charge is -2.05. The van der Waals surface area contributed by atoms with Crippen molar-refractivity contribution in [3.8, 4) is 11.3 Å². The molecule has 2 nitrogen and oxygen atoms in total. The van der Waals surface area contributed by atoms with E-state index in [1.165, 1.54) is 0 Å². The highest BCUT2D eigenvalue weighted by molar-refractivity contribution is 6.35. The van der Waals surface area contributed by atoms with Gasteiger partial charge >= 0.3 is 0 Å². The third-order valence-electron chi connectivity index (χ3n) is 2.59. The molecule has 1 aromatic carbocycles. The van der Waals surface area contributed by atoms with Gasteiger partial charge in [0.1, 0.15) is 11.5 Å². The van der Waals surface area contributed by atoms with Crippen LogP contribution in [0.1, 0.15) is 24.3 Å². The van der Waals surface area contributed by atoms with Crippen LogP contribution in [-0.2, 0) is 0 Å². The highest BCUT2D eigenvalue weighted by Crippen LogP contribution is 2.34. The number of aryl methyl sites for hydroxylation is 1. The number of halogens is 2. The van der Waals surface area contributed by atoms with Crippen LogP contribution in [0.2, 0.25) is 10.0 Å². The van der Waals surface area contributed by atoms with Gasteiger partial charge in [0.05, 0.1) is 11.1 Å². The third-order valence-corrected chi connectivity index (χ3v) is 3.31.